The summed E-state index contributed by atoms with van der Waals surface area (Å²) < 4.78 is 5.66. The van der Waals surface area contributed by atoms with Crippen molar-refractivity contribution in [2.75, 3.05) is 13.1 Å². The number of nitrogens with one attached hydrogen (secondary N) is 1. The van der Waals surface area contributed by atoms with Crippen LogP contribution < -0.4 is 5.32 Å². The lowest BCUT2D eigenvalue weighted by molar-refractivity contribution is 0.552. The van der Waals surface area contributed by atoms with E-state index in [-0.39, 0.29) is 0 Å². The van der Waals surface area contributed by atoms with Crippen LogP contribution in [0, 0.1) is 19.8 Å². The fraction of sp³-hybridized carbons (Fsp3) is 0.500. The Hall–Kier alpha value is -0.990. The molecule has 1 N–H and O–H groups in total. The zero-order valence-electron chi connectivity index (χ0n) is 12.1. The van der Waals surface area contributed by atoms with E-state index >= 15 is 0 Å². The minimum absolute atomic E-state index is 0.680. The zero-order valence-corrected chi connectivity index (χ0v) is 12.9. The highest BCUT2D eigenvalue weighted by Crippen LogP contribution is 2.32. The molecule has 1 aromatic heterocycles. The van der Waals surface area contributed by atoms with Crippen molar-refractivity contribution in [1.29, 1.82) is 0 Å². The van der Waals surface area contributed by atoms with E-state index in [1.165, 1.54) is 10.9 Å². The Bertz CT molecular complexity index is 572. The number of aryl methyl sites for hydroxylation is 2. The predicted octanol–water partition coefficient (Wildman–Crippen LogP) is 4.49. The maximum absolute atomic E-state index is 6.33. The molecule has 2 aromatic rings. The standard InChI is InChI=1S/C16H22ClNO/c1-10(2)8-18-6-5-13-9-19-14-7-11(3)16(17)12(4)15(13)14/h7,9-10,18H,5-6,8H2,1-4H3. The van der Waals surface area contributed by atoms with E-state index in [0.717, 1.165) is 41.2 Å². The lowest BCUT2D eigenvalue weighted by atomic mass is 10.0. The summed E-state index contributed by atoms with van der Waals surface area (Å²) in [7, 11) is 0. The number of furan rings is 1. The summed E-state index contributed by atoms with van der Waals surface area (Å²) in [4.78, 5) is 0. The van der Waals surface area contributed by atoms with Crippen LogP contribution in [0.3, 0.4) is 0 Å². The molecule has 1 heterocycles. The molecule has 0 aliphatic rings. The van der Waals surface area contributed by atoms with Gasteiger partial charge in [-0.2, -0.15) is 0 Å². The van der Waals surface area contributed by atoms with Gasteiger partial charge in [-0.15, -0.1) is 0 Å². The summed E-state index contributed by atoms with van der Waals surface area (Å²) in [5.41, 5.74) is 4.39. The Kier molecular flexibility index (Phi) is 4.54. The highest BCUT2D eigenvalue weighted by molar-refractivity contribution is 6.33. The van der Waals surface area contributed by atoms with Gasteiger partial charge in [-0.3, -0.25) is 0 Å². The third kappa shape index (κ3) is 3.13. The fourth-order valence-electron chi connectivity index (χ4n) is 2.41. The minimum Gasteiger partial charge on any atom is -0.464 e. The van der Waals surface area contributed by atoms with Crippen LogP contribution in [-0.2, 0) is 6.42 Å². The quantitative estimate of drug-likeness (QED) is 0.816. The monoisotopic (exact) mass is 279 g/mol. The number of fused-ring (bicyclic) bond motifs is 1. The van der Waals surface area contributed by atoms with E-state index in [9.17, 15) is 0 Å². The number of hydrogen-bond acceptors (Lipinski definition) is 2. The van der Waals surface area contributed by atoms with Crippen LogP contribution in [0.4, 0.5) is 0 Å². The Morgan fingerprint density at radius 3 is 2.74 bits per heavy atom. The molecular weight excluding hydrogens is 258 g/mol. The van der Waals surface area contributed by atoms with Gasteiger partial charge in [0.05, 0.1) is 6.26 Å². The van der Waals surface area contributed by atoms with Gasteiger partial charge >= 0.3 is 0 Å². The van der Waals surface area contributed by atoms with Crippen molar-refractivity contribution in [3.63, 3.8) is 0 Å². The minimum atomic E-state index is 0.680. The Balaban J connectivity index is 2.18. The average Bonchev–Trinajstić information content (AvgIpc) is 2.74. The molecule has 2 nitrogen and oxygen atoms in total. The fourth-order valence-corrected chi connectivity index (χ4v) is 2.55. The molecule has 0 bridgehead atoms. The van der Waals surface area contributed by atoms with E-state index in [4.69, 9.17) is 16.0 Å². The second-order valence-corrected chi connectivity index (χ2v) is 5.99. The topological polar surface area (TPSA) is 25.2 Å². The molecule has 0 saturated heterocycles. The van der Waals surface area contributed by atoms with Crippen LogP contribution in [0.5, 0.6) is 0 Å². The largest absolute Gasteiger partial charge is 0.464 e. The SMILES string of the molecule is Cc1cc2occ(CCNCC(C)C)c2c(C)c1Cl. The Morgan fingerprint density at radius 1 is 1.32 bits per heavy atom. The molecule has 0 aliphatic carbocycles. The second kappa shape index (κ2) is 5.98. The summed E-state index contributed by atoms with van der Waals surface area (Å²) in [5.74, 6) is 0.680. The van der Waals surface area contributed by atoms with Crippen molar-refractivity contribution < 1.29 is 4.42 Å². The Morgan fingerprint density at radius 2 is 2.05 bits per heavy atom. The summed E-state index contributed by atoms with van der Waals surface area (Å²) >= 11 is 6.33. The van der Waals surface area contributed by atoms with Crippen LogP contribution in [0.2, 0.25) is 5.02 Å². The third-order valence-electron chi connectivity index (χ3n) is 3.42. The van der Waals surface area contributed by atoms with Gasteiger partial charge in [-0.25, -0.2) is 0 Å². The molecule has 0 unspecified atom stereocenters. The smallest absolute Gasteiger partial charge is 0.134 e. The van der Waals surface area contributed by atoms with E-state index in [1.807, 2.05) is 19.3 Å². The molecule has 0 aliphatic heterocycles. The average molecular weight is 280 g/mol. The first-order valence-corrected chi connectivity index (χ1v) is 7.25. The molecule has 1 aromatic carbocycles. The molecule has 2 rings (SSSR count). The third-order valence-corrected chi connectivity index (χ3v) is 4.00. The zero-order chi connectivity index (χ0) is 14.0. The van der Waals surface area contributed by atoms with E-state index in [1.54, 1.807) is 0 Å². The number of benzene rings is 1. The van der Waals surface area contributed by atoms with Crippen LogP contribution in [0.1, 0.15) is 30.5 Å². The highest BCUT2D eigenvalue weighted by atomic mass is 35.5. The van der Waals surface area contributed by atoms with Gasteiger partial charge in [0, 0.05) is 10.4 Å². The normalized spacial score (nSPS) is 11.7. The van der Waals surface area contributed by atoms with Crippen molar-refractivity contribution in [3.8, 4) is 0 Å². The molecule has 0 spiro atoms. The maximum atomic E-state index is 6.33. The van der Waals surface area contributed by atoms with Gasteiger partial charge in [-0.05, 0) is 62.0 Å². The first-order valence-electron chi connectivity index (χ1n) is 6.87. The van der Waals surface area contributed by atoms with Crippen LogP contribution in [0.25, 0.3) is 11.0 Å². The summed E-state index contributed by atoms with van der Waals surface area (Å²) in [5, 5.41) is 5.49. The van der Waals surface area contributed by atoms with Crippen LogP contribution in [-0.4, -0.2) is 13.1 Å². The lowest BCUT2D eigenvalue weighted by Crippen LogP contribution is -2.22. The van der Waals surface area contributed by atoms with Crippen molar-refractivity contribution in [2.24, 2.45) is 5.92 Å². The van der Waals surface area contributed by atoms with Crippen molar-refractivity contribution in [3.05, 3.63) is 34.0 Å². The summed E-state index contributed by atoms with van der Waals surface area (Å²) in [6, 6.07) is 2.02. The van der Waals surface area contributed by atoms with Gasteiger partial charge in [-0.1, -0.05) is 25.4 Å². The van der Waals surface area contributed by atoms with Gasteiger partial charge < -0.3 is 9.73 Å². The second-order valence-electron chi connectivity index (χ2n) is 5.61. The molecule has 19 heavy (non-hydrogen) atoms. The summed E-state index contributed by atoms with van der Waals surface area (Å²) in [6.45, 7) is 10.5. The van der Waals surface area contributed by atoms with E-state index < -0.39 is 0 Å². The molecule has 0 atom stereocenters. The van der Waals surface area contributed by atoms with Gasteiger partial charge in [0.15, 0.2) is 0 Å². The van der Waals surface area contributed by atoms with Gasteiger partial charge in [0.2, 0.25) is 0 Å². The highest BCUT2D eigenvalue weighted by Gasteiger charge is 2.12. The van der Waals surface area contributed by atoms with Gasteiger partial charge in [0.1, 0.15) is 5.58 Å². The maximum Gasteiger partial charge on any atom is 0.134 e. The van der Waals surface area contributed by atoms with Crippen molar-refractivity contribution in [2.45, 2.75) is 34.1 Å². The first-order chi connectivity index (χ1) is 9.00. The van der Waals surface area contributed by atoms with Crippen LogP contribution >= 0.6 is 11.6 Å². The molecule has 0 saturated carbocycles. The molecule has 104 valence electrons. The van der Waals surface area contributed by atoms with E-state index in [2.05, 4.69) is 26.1 Å². The number of rotatable bonds is 5. The van der Waals surface area contributed by atoms with Crippen LogP contribution in [0.15, 0.2) is 16.7 Å². The summed E-state index contributed by atoms with van der Waals surface area (Å²) in [6.07, 6.45) is 2.84. The predicted molar refractivity (Wildman–Crippen MR) is 82.1 cm³/mol. The number of hydrogen-bond donors (Lipinski definition) is 1. The molecule has 0 fully saturated rings. The first kappa shape index (κ1) is 14.4. The van der Waals surface area contributed by atoms with Crippen molar-refractivity contribution >= 4 is 22.6 Å². The van der Waals surface area contributed by atoms with E-state index in [0.29, 0.717) is 5.92 Å². The Labute approximate surface area is 120 Å². The molecule has 0 radical (unpaired) electrons. The molecular formula is C16H22ClNO. The lowest BCUT2D eigenvalue weighted by Gasteiger charge is -2.08. The van der Waals surface area contributed by atoms with Gasteiger partial charge in [0.25, 0.3) is 0 Å². The molecule has 3 heteroatoms. The molecule has 0 amide bonds. The van der Waals surface area contributed by atoms with Crippen molar-refractivity contribution in [1.82, 2.24) is 5.32 Å². The number of halogens is 1.